The molecule has 0 aromatic carbocycles. The van der Waals surface area contributed by atoms with Gasteiger partial charge >= 0.3 is 6.09 Å². The number of nitrogens with zero attached hydrogens (tertiary/aromatic N) is 4. The van der Waals surface area contributed by atoms with Crippen LogP contribution >= 0.6 is 0 Å². The molecule has 0 radical (unpaired) electrons. The van der Waals surface area contributed by atoms with Crippen LogP contribution in [0.5, 0.6) is 5.75 Å². The Balaban J connectivity index is 1.25. The van der Waals surface area contributed by atoms with Gasteiger partial charge in [-0.1, -0.05) is 0 Å². The second-order valence-corrected chi connectivity index (χ2v) is 9.88. The number of carbonyl (C=O) groups is 1. The molecule has 2 aromatic heterocycles. The molecule has 1 aliphatic carbocycles. The van der Waals surface area contributed by atoms with E-state index in [1.165, 1.54) is 18.4 Å². The lowest BCUT2D eigenvalue weighted by Crippen LogP contribution is -2.49. The molecular weight excluding hydrogens is 368 g/mol. The van der Waals surface area contributed by atoms with E-state index in [1.54, 1.807) is 6.33 Å². The van der Waals surface area contributed by atoms with Crippen LogP contribution in [-0.2, 0) is 4.74 Å². The summed E-state index contributed by atoms with van der Waals surface area (Å²) in [6.45, 7) is 6.48. The third-order valence-electron chi connectivity index (χ3n) is 6.35. The van der Waals surface area contributed by atoms with Gasteiger partial charge in [0.2, 0.25) is 0 Å². The van der Waals surface area contributed by atoms with Gasteiger partial charge in [-0.3, -0.25) is 4.40 Å². The molecule has 1 saturated carbocycles. The third kappa shape index (κ3) is 3.79. The highest BCUT2D eigenvalue weighted by atomic mass is 16.6. The van der Waals surface area contributed by atoms with Gasteiger partial charge in [0.1, 0.15) is 17.7 Å². The van der Waals surface area contributed by atoms with Gasteiger partial charge in [0, 0.05) is 29.9 Å². The summed E-state index contributed by atoms with van der Waals surface area (Å²) in [5.41, 5.74) is 1.64. The molecule has 7 nitrogen and oxygen atoms in total. The van der Waals surface area contributed by atoms with Gasteiger partial charge in [0.25, 0.3) is 0 Å². The number of amides is 1. The summed E-state index contributed by atoms with van der Waals surface area (Å²) in [6, 6.07) is 2.57. The summed E-state index contributed by atoms with van der Waals surface area (Å²) >= 11 is 0. The van der Waals surface area contributed by atoms with Crippen molar-refractivity contribution < 1.29 is 14.3 Å². The average Bonchev–Trinajstić information content (AvgIpc) is 3.33. The van der Waals surface area contributed by atoms with Crippen molar-refractivity contribution in [1.82, 2.24) is 19.5 Å². The minimum atomic E-state index is -0.448. The number of ether oxygens (including phenoxy) is 2. The van der Waals surface area contributed by atoms with Crippen LogP contribution in [0.2, 0.25) is 0 Å². The van der Waals surface area contributed by atoms with Gasteiger partial charge in [-0.25, -0.2) is 4.79 Å². The van der Waals surface area contributed by atoms with Crippen LogP contribution in [0.15, 0.2) is 18.6 Å². The standard InChI is InChI=1S/C22H30N4O3/c1-22(2,3)29-21(27)26-16-6-7-17(26)9-14(8-16)12-28-19-10-20-24-23-13-25(20)11-18(19)15-4-5-15/h10-11,13-17H,4-9,12H2,1-3H3/t14?,16-,17+. The number of pyridine rings is 1. The molecule has 29 heavy (non-hydrogen) atoms. The SMILES string of the molecule is CC(C)(C)OC(=O)N1[C@@H]2CC[C@H]1CC(COc1cc3nncn3cc1C1CC1)C2. The van der Waals surface area contributed by atoms with Crippen molar-refractivity contribution in [2.75, 3.05) is 6.61 Å². The third-order valence-corrected chi connectivity index (χ3v) is 6.35. The van der Waals surface area contributed by atoms with Gasteiger partial charge < -0.3 is 14.4 Å². The van der Waals surface area contributed by atoms with Crippen molar-refractivity contribution in [3.8, 4) is 5.75 Å². The molecule has 156 valence electrons. The van der Waals surface area contributed by atoms with Crippen LogP contribution < -0.4 is 4.74 Å². The highest BCUT2D eigenvalue weighted by Crippen LogP contribution is 2.45. The lowest BCUT2D eigenvalue weighted by molar-refractivity contribution is -0.000986. The highest BCUT2D eigenvalue weighted by molar-refractivity contribution is 5.69. The van der Waals surface area contributed by atoms with Crippen molar-refractivity contribution in [3.05, 3.63) is 24.2 Å². The molecule has 3 fully saturated rings. The minimum Gasteiger partial charge on any atom is -0.493 e. The van der Waals surface area contributed by atoms with Gasteiger partial charge in [-0.2, -0.15) is 0 Å². The van der Waals surface area contributed by atoms with Gasteiger partial charge in [-0.15, -0.1) is 10.2 Å². The lowest BCUT2D eigenvalue weighted by atomic mass is 9.91. The topological polar surface area (TPSA) is 69.0 Å². The lowest BCUT2D eigenvalue weighted by Gasteiger charge is -2.39. The summed E-state index contributed by atoms with van der Waals surface area (Å²) in [4.78, 5) is 14.6. The maximum atomic E-state index is 12.6. The van der Waals surface area contributed by atoms with E-state index in [1.807, 2.05) is 36.1 Å². The van der Waals surface area contributed by atoms with Crippen molar-refractivity contribution in [2.24, 2.45) is 5.92 Å². The van der Waals surface area contributed by atoms with Crippen LogP contribution in [-0.4, -0.2) is 49.9 Å². The first-order valence-electron chi connectivity index (χ1n) is 10.8. The fourth-order valence-corrected chi connectivity index (χ4v) is 4.94. The van der Waals surface area contributed by atoms with Crippen molar-refractivity contribution >= 4 is 11.7 Å². The Bertz CT molecular complexity index is 900. The normalized spacial score (nSPS) is 26.7. The first-order valence-corrected chi connectivity index (χ1v) is 10.8. The summed E-state index contributed by atoms with van der Waals surface area (Å²) in [7, 11) is 0. The maximum absolute atomic E-state index is 12.6. The van der Waals surface area contributed by atoms with Crippen molar-refractivity contribution in [1.29, 1.82) is 0 Å². The van der Waals surface area contributed by atoms with Crippen LogP contribution in [0.1, 0.15) is 70.8 Å². The molecule has 0 N–H and O–H groups in total. The number of aromatic nitrogens is 3. The zero-order valence-electron chi connectivity index (χ0n) is 17.5. The number of hydrogen-bond acceptors (Lipinski definition) is 5. The fourth-order valence-electron chi connectivity index (χ4n) is 4.94. The first-order chi connectivity index (χ1) is 13.9. The number of carbonyl (C=O) groups excluding carboxylic acids is 1. The molecule has 1 unspecified atom stereocenters. The van der Waals surface area contributed by atoms with E-state index in [0.29, 0.717) is 18.4 Å². The van der Waals surface area contributed by atoms with E-state index in [9.17, 15) is 4.79 Å². The monoisotopic (exact) mass is 398 g/mol. The Morgan fingerprint density at radius 3 is 2.55 bits per heavy atom. The van der Waals surface area contributed by atoms with Crippen molar-refractivity contribution in [2.45, 2.75) is 82.9 Å². The molecule has 4 heterocycles. The Hall–Kier alpha value is -2.31. The summed E-state index contributed by atoms with van der Waals surface area (Å²) in [5, 5.41) is 8.16. The predicted octanol–water partition coefficient (Wildman–Crippen LogP) is 4.16. The van der Waals surface area contributed by atoms with E-state index >= 15 is 0 Å². The predicted molar refractivity (Wildman–Crippen MR) is 108 cm³/mol. The van der Waals surface area contributed by atoms with Crippen LogP contribution in [0.25, 0.3) is 5.65 Å². The Kier molecular flexibility index (Phi) is 4.44. The number of hydrogen-bond donors (Lipinski definition) is 0. The summed E-state index contributed by atoms with van der Waals surface area (Å²) < 4.78 is 14.0. The van der Waals surface area contributed by atoms with Crippen LogP contribution in [0.4, 0.5) is 4.79 Å². The Morgan fingerprint density at radius 2 is 1.90 bits per heavy atom. The fraction of sp³-hybridized carbons (Fsp3) is 0.682. The Morgan fingerprint density at radius 1 is 1.17 bits per heavy atom. The van der Waals surface area contributed by atoms with Crippen LogP contribution in [0, 0.1) is 5.92 Å². The van der Waals surface area contributed by atoms with E-state index in [-0.39, 0.29) is 18.2 Å². The van der Waals surface area contributed by atoms with E-state index in [4.69, 9.17) is 9.47 Å². The zero-order valence-corrected chi connectivity index (χ0v) is 17.5. The van der Waals surface area contributed by atoms with Crippen molar-refractivity contribution in [3.63, 3.8) is 0 Å². The zero-order chi connectivity index (χ0) is 20.2. The van der Waals surface area contributed by atoms with E-state index < -0.39 is 5.60 Å². The number of fused-ring (bicyclic) bond motifs is 3. The van der Waals surface area contributed by atoms with Crippen LogP contribution in [0.3, 0.4) is 0 Å². The average molecular weight is 399 g/mol. The molecule has 3 atom stereocenters. The second-order valence-electron chi connectivity index (χ2n) is 9.88. The van der Waals surface area contributed by atoms with E-state index in [2.05, 4.69) is 16.4 Å². The molecular formula is C22H30N4O3. The van der Waals surface area contributed by atoms with Gasteiger partial charge in [0.15, 0.2) is 5.65 Å². The maximum Gasteiger partial charge on any atom is 0.410 e. The van der Waals surface area contributed by atoms with Gasteiger partial charge in [0.05, 0.1) is 6.61 Å². The molecule has 2 aromatic rings. The molecule has 0 spiro atoms. The highest BCUT2D eigenvalue weighted by Gasteiger charge is 2.45. The second kappa shape index (κ2) is 6.89. The quantitative estimate of drug-likeness (QED) is 0.773. The summed E-state index contributed by atoms with van der Waals surface area (Å²) in [6.07, 6.45) is 10.3. The molecule has 2 saturated heterocycles. The van der Waals surface area contributed by atoms with E-state index in [0.717, 1.165) is 37.1 Å². The largest absolute Gasteiger partial charge is 0.493 e. The molecule has 7 heteroatoms. The molecule has 2 bridgehead atoms. The molecule has 2 aliphatic heterocycles. The summed E-state index contributed by atoms with van der Waals surface area (Å²) in [5.74, 6) is 2.02. The van der Waals surface area contributed by atoms with Gasteiger partial charge in [-0.05, 0) is 71.1 Å². The minimum absolute atomic E-state index is 0.155. The molecule has 5 rings (SSSR count). The first kappa shape index (κ1) is 18.7. The number of piperidine rings is 1. The Labute approximate surface area is 171 Å². The number of rotatable bonds is 4. The molecule has 3 aliphatic rings. The molecule has 1 amide bonds. The smallest absolute Gasteiger partial charge is 0.410 e.